The third-order valence-electron chi connectivity index (χ3n) is 4.31. The van der Waals surface area contributed by atoms with Crippen molar-refractivity contribution in [3.05, 3.63) is 65.9 Å². The highest BCUT2D eigenvalue weighted by molar-refractivity contribution is 5.93. The lowest BCUT2D eigenvalue weighted by molar-refractivity contribution is 0.0934. The Balaban J connectivity index is 1.72. The monoisotopic (exact) mass is 379 g/mol. The first-order valence-corrected chi connectivity index (χ1v) is 9.43. The average molecular weight is 379 g/mol. The smallest absolute Gasteiger partial charge is 0.269 e. The summed E-state index contributed by atoms with van der Waals surface area (Å²) in [6, 6.07) is 17.0. The summed E-state index contributed by atoms with van der Waals surface area (Å²) in [5.41, 5.74) is 3.04. The van der Waals surface area contributed by atoms with Crippen molar-refractivity contribution < 1.29 is 14.3 Å². The van der Waals surface area contributed by atoms with Crippen LogP contribution in [0.4, 0.5) is 0 Å². The van der Waals surface area contributed by atoms with Crippen LogP contribution in [-0.2, 0) is 0 Å². The quantitative estimate of drug-likeness (QED) is 0.609. The summed E-state index contributed by atoms with van der Waals surface area (Å²) in [4.78, 5) is 12.6. The molecule has 1 atom stereocenters. The largest absolute Gasteiger partial charge is 0.490 e. The highest BCUT2D eigenvalue weighted by atomic mass is 16.5. The summed E-state index contributed by atoms with van der Waals surface area (Å²) in [5.74, 6) is 1.16. The number of rotatable bonds is 8. The minimum absolute atomic E-state index is 0.203. The van der Waals surface area contributed by atoms with Crippen LogP contribution in [0.25, 0.3) is 11.3 Å². The molecule has 28 heavy (non-hydrogen) atoms. The van der Waals surface area contributed by atoms with Crippen LogP contribution in [-0.4, -0.2) is 29.3 Å². The zero-order valence-electron chi connectivity index (χ0n) is 16.4. The number of hydrogen-bond donors (Lipinski definition) is 2. The lowest BCUT2D eigenvalue weighted by Gasteiger charge is -2.17. The van der Waals surface area contributed by atoms with Crippen LogP contribution in [0.3, 0.4) is 0 Å². The molecule has 1 amide bonds. The molecule has 3 aromatic rings. The molecule has 0 bridgehead atoms. The van der Waals surface area contributed by atoms with E-state index in [-0.39, 0.29) is 11.9 Å². The topological polar surface area (TPSA) is 76.2 Å². The maximum atomic E-state index is 12.6. The first-order valence-electron chi connectivity index (χ1n) is 9.43. The van der Waals surface area contributed by atoms with Crippen molar-refractivity contribution in [2.45, 2.75) is 26.8 Å². The number of nitrogens with zero attached hydrogens (tertiary/aromatic N) is 1. The fourth-order valence-corrected chi connectivity index (χ4v) is 2.89. The molecule has 3 rings (SSSR count). The van der Waals surface area contributed by atoms with E-state index >= 15 is 0 Å². The molecule has 0 saturated carbocycles. The Labute approximate surface area is 164 Å². The molecule has 6 nitrogen and oxygen atoms in total. The summed E-state index contributed by atoms with van der Waals surface area (Å²) in [6.45, 7) is 6.89. The highest BCUT2D eigenvalue weighted by Gasteiger charge is 2.16. The molecular weight excluding hydrogens is 354 g/mol. The van der Waals surface area contributed by atoms with Gasteiger partial charge in [0.25, 0.3) is 5.91 Å². The van der Waals surface area contributed by atoms with Gasteiger partial charge in [0, 0.05) is 5.56 Å². The normalized spacial score (nSPS) is 11.7. The van der Waals surface area contributed by atoms with Crippen LogP contribution >= 0.6 is 0 Å². The molecule has 1 aromatic heterocycles. The average Bonchev–Trinajstić information content (AvgIpc) is 3.21. The van der Waals surface area contributed by atoms with Gasteiger partial charge >= 0.3 is 0 Å². The van der Waals surface area contributed by atoms with E-state index in [0.29, 0.717) is 30.4 Å². The molecule has 2 aromatic carbocycles. The summed E-state index contributed by atoms with van der Waals surface area (Å²) in [6.07, 6.45) is 0. The van der Waals surface area contributed by atoms with Gasteiger partial charge in [-0.15, -0.1) is 0 Å². The first-order chi connectivity index (χ1) is 13.6. The number of carbonyl (C=O) groups excluding carboxylic acids is 1. The predicted octanol–water partition coefficient (Wildman–Crippen LogP) is 4.37. The van der Waals surface area contributed by atoms with Crippen molar-refractivity contribution in [2.24, 2.45) is 0 Å². The lowest BCUT2D eigenvalue weighted by Crippen LogP contribution is -2.27. The van der Waals surface area contributed by atoms with Gasteiger partial charge in [0.2, 0.25) is 0 Å². The van der Waals surface area contributed by atoms with Crippen molar-refractivity contribution in [3.63, 3.8) is 0 Å². The van der Waals surface area contributed by atoms with Crippen LogP contribution < -0.4 is 14.8 Å². The Morgan fingerprint density at radius 1 is 1.04 bits per heavy atom. The summed E-state index contributed by atoms with van der Waals surface area (Å²) < 4.78 is 11.3. The van der Waals surface area contributed by atoms with E-state index in [1.54, 1.807) is 6.07 Å². The second-order valence-electron chi connectivity index (χ2n) is 6.30. The molecule has 0 saturated heterocycles. The zero-order valence-corrected chi connectivity index (χ0v) is 16.4. The summed E-state index contributed by atoms with van der Waals surface area (Å²) in [7, 11) is 0. The Kier molecular flexibility index (Phi) is 6.32. The van der Waals surface area contributed by atoms with Crippen LogP contribution in [0.5, 0.6) is 11.5 Å². The fourth-order valence-electron chi connectivity index (χ4n) is 2.89. The minimum atomic E-state index is -0.214. The number of nitrogens with one attached hydrogen (secondary N) is 2. The number of H-pyrrole nitrogens is 1. The number of amides is 1. The van der Waals surface area contributed by atoms with Gasteiger partial charge < -0.3 is 14.8 Å². The van der Waals surface area contributed by atoms with Gasteiger partial charge in [-0.05, 0) is 44.5 Å². The van der Waals surface area contributed by atoms with E-state index in [0.717, 1.165) is 16.8 Å². The maximum Gasteiger partial charge on any atom is 0.269 e. The molecular formula is C22H25N3O3. The van der Waals surface area contributed by atoms with Gasteiger partial charge in [-0.3, -0.25) is 9.89 Å². The van der Waals surface area contributed by atoms with E-state index in [2.05, 4.69) is 15.5 Å². The highest BCUT2D eigenvalue weighted by Crippen LogP contribution is 2.30. The minimum Gasteiger partial charge on any atom is -0.490 e. The molecule has 1 heterocycles. The Morgan fingerprint density at radius 3 is 2.46 bits per heavy atom. The Bertz CT molecular complexity index is 922. The predicted molar refractivity (Wildman–Crippen MR) is 109 cm³/mol. The number of hydrogen-bond acceptors (Lipinski definition) is 4. The lowest BCUT2D eigenvalue weighted by atomic mass is 10.1. The van der Waals surface area contributed by atoms with Crippen molar-refractivity contribution in [2.75, 3.05) is 13.2 Å². The van der Waals surface area contributed by atoms with Crippen molar-refractivity contribution in [1.82, 2.24) is 15.5 Å². The van der Waals surface area contributed by atoms with Crippen molar-refractivity contribution >= 4 is 5.91 Å². The zero-order chi connectivity index (χ0) is 19.9. The van der Waals surface area contributed by atoms with Crippen LogP contribution in [0.2, 0.25) is 0 Å². The molecule has 0 aliphatic rings. The first kappa shape index (κ1) is 19.5. The van der Waals surface area contributed by atoms with Crippen LogP contribution in [0, 0.1) is 0 Å². The van der Waals surface area contributed by atoms with E-state index in [1.807, 2.05) is 69.3 Å². The van der Waals surface area contributed by atoms with Crippen molar-refractivity contribution in [3.8, 4) is 22.8 Å². The SMILES string of the molecule is CCOc1ccc([C@H](C)NC(=O)c2cc(-c3ccccc3)n[nH]2)cc1OCC. The second kappa shape index (κ2) is 9.08. The molecule has 146 valence electrons. The van der Waals surface area contributed by atoms with Crippen LogP contribution in [0.15, 0.2) is 54.6 Å². The van der Waals surface area contributed by atoms with Gasteiger partial charge in [-0.1, -0.05) is 36.4 Å². The van der Waals surface area contributed by atoms with Crippen molar-refractivity contribution in [1.29, 1.82) is 0 Å². The second-order valence-corrected chi connectivity index (χ2v) is 6.30. The van der Waals surface area contributed by atoms with E-state index in [4.69, 9.17) is 9.47 Å². The van der Waals surface area contributed by atoms with Gasteiger partial charge in [-0.25, -0.2) is 0 Å². The Morgan fingerprint density at radius 2 is 1.75 bits per heavy atom. The number of aromatic nitrogens is 2. The van der Waals surface area contributed by atoms with E-state index in [1.165, 1.54) is 0 Å². The third-order valence-corrected chi connectivity index (χ3v) is 4.31. The molecule has 0 fully saturated rings. The number of benzene rings is 2. The van der Waals surface area contributed by atoms with Gasteiger partial charge in [-0.2, -0.15) is 5.10 Å². The summed E-state index contributed by atoms with van der Waals surface area (Å²) >= 11 is 0. The van der Waals surface area contributed by atoms with E-state index < -0.39 is 0 Å². The van der Waals surface area contributed by atoms with Gasteiger partial charge in [0.1, 0.15) is 5.69 Å². The molecule has 0 radical (unpaired) electrons. The molecule has 0 aliphatic heterocycles. The van der Waals surface area contributed by atoms with Gasteiger partial charge in [0.05, 0.1) is 24.9 Å². The van der Waals surface area contributed by atoms with Gasteiger partial charge in [0.15, 0.2) is 11.5 Å². The number of carbonyl (C=O) groups is 1. The number of ether oxygens (including phenoxy) is 2. The molecule has 0 unspecified atom stereocenters. The molecule has 0 spiro atoms. The molecule has 6 heteroatoms. The molecule has 2 N–H and O–H groups in total. The van der Waals surface area contributed by atoms with Crippen LogP contribution in [0.1, 0.15) is 42.9 Å². The standard InChI is InChI=1S/C22H25N3O3/c1-4-27-20-12-11-17(13-21(20)28-5-2)15(3)23-22(26)19-14-18(24-25-19)16-9-7-6-8-10-16/h6-15H,4-5H2,1-3H3,(H,23,26)(H,24,25)/t15-/m0/s1. The maximum absolute atomic E-state index is 12.6. The molecule has 0 aliphatic carbocycles. The Hall–Kier alpha value is -3.28. The summed E-state index contributed by atoms with van der Waals surface area (Å²) in [5, 5.41) is 10.0. The van der Waals surface area contributed by atoms with E-state index in [9.17, 15) is 4.79 Å². The fraction of sp³-hybridized carbons (Fsp3) is 0.273. The number of aromatic amines is 1. The third kappa shape index (κ3) is 4.52.